The van der Waals surface area contributed by atoms with Gasteiger partial charge in [0.1, 0.15) is 11.8 Å². The fourth-order valence-corrected chi connectivity index (χ4v) is 6.12. The fraction of sp³-hybridized carbons (Fsp3) is 0.375. The zero-order chi connectivity index (χ0) is 23.2. The normalized spacial score (nSPS) is 16.9. The van der Waals surface area contributed by atoms with E-state index in [1.165, 1.54) is 6.07 Å². The Morgan fingerprint density at radius 3 is 2.36 bits per heavy atom. The summed E-state index contributed by atoms with van der Waals surface area (Å²) in [6.07, 6.45) is 5.33. The van der Waals surface area contributed by atoms with Crippen molar-refractivity contribution in [1.82, 2.24) is 4.57 Å². The van der Waals surface area contributed by atoms with Crippen LogP contribution in [0, 0.1) is 11.3 Å². The van der Waals surface area contributed by atoms with Crippen molar-refractivity contribution in [3.8, 4) is 23.1 Å². The molecule has 2 saturated carbocycles. The summed E-state index contributed by atoms with van der Waals surface area (Å²) in [5, 5.41) is 10.4. The summed E-state index contributed by atoms with van der Waals surface area (Å²) in [5.41, 5.74) is 3.10. The molecule has 0 atom stereocenters. The van der Waals surface area contributed by atoms with Crippen LogP contribution in [-0.4, -0.2) is 24.8 Å². The molecule has 5 rings (SSSR count). The number of fused-ring (bicyclic) bond motifs is 1. The van der Waals surface area contributed by atoms with E-state index in [2.05, 4.69) is 20.1 Å². The van der Waals surface area contributed by atoms with Crippen molar-refractivity contribution in [2.75, 3.05) is 4.72 Å². The highest BCUT2D eigenvalue weighted by Gasteiger charge is 2.35. The Balaban J connectivity index is 1.62. The van der Waals surface area contributed by atoms with Crippen molar-refractivity contribution in [3.05, 3.63) is 48.0 Å². The lowest BCUT2D eigenvalue weighted by Gasteiger charge is -2.19. The molecule has 172 valence electrons. The van der Waals surface area contributed by atoms with Gasteiger partial charge in [0.05, 0.1) is 22.0 Å². The van der Waals surface area contributed by atoms with Gasteiger partial charge in [-0.05, 0) is 55.5 Å². The maximum absolute atomic E-state index is 12.8. The van der Waals surface area contributed by atoms with Crippen LogP contribution in [0.5, 0.6) is 5.75 Å². The molecule has 9 heteroatoms. The predicted molar refractivity (Wildman–Crippen MR) is 122 cm³/mol. The van der Waals surface area contributed by atoms with Crippen molar-refractivity contribution in [2.24, 2.45) is 0 Å². The largest absolute Gasteiger partial charge is 0.435 e. The standard InChI is InChI=1S/C24H23F2N3O3S/c25-24(26)32-18-9-12-20-21(14-27)23(29(22(20)13-18)17-3-1-2-4-17)15-5-7-16(8-6-15)28-33(30,31)19-10-11-19/h5-9,12-13,17,19,24,28H,1-4,10-11H2. The van der Waals surface area contributed by atoms with Crippen LogP contribution in [-0.2, 0) is 10.0 Å². The van der Waals surface area contributed by atoms with Crippen molar-refractivity contribution >= 4 is 26.6 Å². The maximum Gasteiger partial charge on any atom is 0.387 e. The van der Waals surface area contributed by atoms with E-state index in [9.17, 15) is 22.5 Å². The molecular weight excluding hydrogens is 448 g/mol. The van der Waals surface area contributed by atoms with E-state index in [1.54, 1.807) is 36.4 Å². The molecule has 0 spiro atoms. The van der Waals surface area contributed by atoms with Crippen LogP contribution in [0.25, 0.3) is 22.2 Å². The van der Waals surface area contributed by atoms with E-state index in [0.29, 0.717) is 40.7 Å². The zero-order valence-electron chi connectivity index (χ0n) is 17.8. The van der Waals surface area contributed by atoms with Crippen molar-refractivity contribution < 1.29 is 21.9 Å². The SMILES string of the molecule is N#Cc1c(-c2ccc(NS(=O)(=O)C3CC3)cc2)n(C2CCCC2)c2cc(OC(F)F)ccc12. The number of aromatic nitrogens is 1. The molecule has 3 aromatic rings. The number of halogens is 2. The Kier molecular flexibility index (Phi) is 5.49. The van der Waals surface area contributed by atoms with Gasteiger partial charge in [-0.3, -0.25) is 4.72 Å². The van der Waals surface area contributed by atoms with E-state index < -0.39 is 16.6 Å². The monoisotopic (exact) mass is 471 g/mol. The molecule has 0 unspecified atom stereocenters. The highest BCUT2D eigenvalue weighted by Crippen LogP contribution is 2.42. The molecule has 2 aliphatic rings. The first-order valence-electron chi connectivity index (χ1n) is 11.0. The Labute approximate surface area is 190 Å². The van der Waals surface area contributed by atoms with Crippen LogP contribution in [0.3, 0.4) is 0 Å². The van der Waals surface area contributed by atoms with Gasteiger partial charge in [-0.1, -0.05) is 25.0 Å². The molecule has 0 radical (unpaired) electrons. The molecule has 0 bridgehead atoms. The number of nitrogens with zero attached hydrogens (tertiary/aromatic N) is 2. The van der Waals surface area contributed by atoms with E-state index in [0.717, 1.165) is 31.2 Å². The van der Waals surface area contributed by atoms with Gasteiger partial charge < -0.3 is 9.30 Å². The van der Waals surface area contributed by atoms with Crippen LogP contribution in [0.15, 0.2) is 42.5 Å². The molecular formula is C24H23F2N3O3S. The molecule has 0 saturated heterocycles. The molecule has 0 amide bonds. The lowest BCUT2D eigenvalue weighted by molar-refractivity contribution is -0.0497. The second-order valence-corrected chi connectivity index (χ2v) is 10.6. The fourth-order valence-electron chi connectivity index (χ4n) is 4.73. The van der Waals surface area contributed by atoms with Gasteiger partial charge >= 0.3 is 6.61 Å². The van der Waals surface area contributed by atoms with E-state index in [-0.39, 0.29) is 17.0 Å². The highest BCUT2D eigenvalue weighted by atomic mass is 32.2. The second kappa shape index (κ2) is 8.34. The summed E-state index contributed by atoms with van der Waals surface area (Å²) in [6, 6.07) is 14.1. The Hall–Kier alpha value is -3.12. The van der Waals surface area contributed by atoms with Gasteiger partial charge in [0.15, 0.2) is 0 Å². The first kappa shape index (κ1) is 21.7. The number of nitrogens with one attached hydrogen (secondary N) is 1. The van der Waals surface area contributed by atoms with E-state index in [1.807, 2.05) is 0 Å². The van der Waals surface area contributed by atoms with Crippen LogP contribution in [0.4, 0.5) is 14.5 Å². The molecule has 1 aromatic heterocycles. The number of rotatable bonds is 7. The number of sulfonamides is 1. The average Bonchev–Trinajstić information content (AvgIpc) is 3.42. The molecule has 2 aromatic carbocycles. The lowest BCUT2D eigenvalue weighted by atomic mass is 10.1. The minimum atomic E-state index is -3.37. The van der Waals surface area contributed by atoms with Crippen LogP contribution >= 0.6 is 0 Å². The molecule has 6 nitrogen and oxygen atoms in total. The van der Waals surface area contributed by atoms with Gasteiger partial charge in [-0.2, -0.15) is 14.0 Å². The number of nitriles is 1. The van der Waals surface area contributed by atoms with Gasteiger partial charge in [-0.15, -0.1) is 0 Å². The topological polar surface area (TPSA) is 84.1 Å². The zero-order valence-corrected chi connectivity index (χ0v) is 18.6. The number of ether oxygens (including phenoxy) is 1. The van der Waals surface area contributed by atoms with E-state index >= 15 is 0 Å². The van der Waals surface area contributed by atoms with Gasteiger partial charge in [0, 0.05) is 23.2 Å². The van der Waals surface area contributed by atoms with Crippen LogP contribution in [0.1, 0.15) is 50.1 Å². The highest BCUT2D eigenvalue weighted by molar-refractivity contribution is 7.93. The predicted octanol–water partition coefficient (Wildman–Crippen LogP) is 5.80. The summed E-state index contributed by atoms with van der Waals surface area (Å²) in [5.74, 6) is 0.0510. The molecule has 2 aliphatic carbocycles. The third-order valence-electron chi connectivity index (χ3n) is 6.38. The molecule has 33 heavy (non-hydrogen) atoms. The number of alkyl halides is 2. The first-order chi connectivity index (χ1) is 15.9. The molecule has 1 N–H and O–H groups in total. The van der Waals surface area contributed by atoms with Gasteiger partial charge in [0.25, 0.3) is 0 Å². The Morgan fingerprint density at radius 2 is 1.76 bits per heavy atom. The maximum atomic E-state index is 12.8. The Bertz CT molecular complexity index is 1330. The summed E-state index contributed by atoms with van der Waals surface area (Å²) >= 11 is 0. The minimum absolute atomic E-state index is 0.0510. The van der Waals surface area contributed by atoms with Crippen molar-refractivity contribution in [1.29, 1.82) is 5.26 Å². The van der Waals surface area contributed by atoms with Crippen LogP contribution in [0.2, 0.25) is 0 Å². The van der Waals surface area contributed by atoms with Crippen molar-refractivity contribution in [2.45, 2.75) is 56.4 Å². The van der Waals surface area contributed by atoms with Gasteiger partial charge in [-0.25, -0.2) is 8.42 Å². The number of hydrogen-bond acceptors (Lipinski definition) is 4. The Morgan fingerprint density at radius 1 is 1.06 bits per heavy atom. The molecule has 1 heterocycles. The van der Waals surface area contributed by atoms with E-state index in [4.69, 9.17) is 0 Å². The lowest BCUT2D eigenvalue weighted by Crippen LogP contribution is -2.17. The minimum Gasteiger partial charge on any atom is -0.435 e. The van der Waals surface area contributed by atoms with Crippen molar-refractivity contribution in [3.63, 3.8) is 0 Å². The smallest absolute Gasteiger partial charge is 0.387 e. The third-order valence-corrected chi connectivity index (χ3v) is 8.25. The molecule has 2 fully saturated rings. The number of benzene rings is 2. The summed E-state index contributed by atoms with van der Waals surface area (Å²) in [7, 11) is -3.37. The summed E-state index contributed by atoms with van der Waals surface area (Å²) in [4.78, 5) is 0. The first-order valence-corrected chi connectivity index (χ1v) is 12.6. The number of hydrogen-bond donors (Lipinski definition) is 1. The second-order valence-electron chi connectivity index (χ2n) is 8.62. The summed E-state index contributed by atoms with van der Waals surface area (Å²) in [6.45, 7) is -2.93. The third kappa shape index (κ3) is 4.15. The van der Waals surface area contributed by atoms with Gasteiger partial charge in [0.2, 0.25) is 10.0 Å². The average molecular weight is 472 g/mol. The quantitative estimate of drug-likeness (QED) is 0.472. The molecule has 0 aliphatic heterocycles. The summed E-state index contributed by atoms with van der Waals surface area (Å²) < 4.78 is 59.4. The number of anilines is 1. The van der Waals surface area contributed by atoms with Crippen LogP contribution < -0.4 is 9.46 Å².